The first-order chi connectivity index (χ1) is 11.6. The summed E-state index contributed by atoms with van der Waals surface area (Å²) in [6.45, 7) is 0.305. The van der Waals surface area contributed by atoms with Gasteiger partial charge in [0.2, 0.25) is 0 Å². The molecule has 6 nitrogen and oxygen atoms in total. The topological polar surface area (TPSA) is 74.7 Å². The number of esters is 2. The number of halogens is 5. The van der Waals surface area contributed by atoms with Crippen LogP contribution in [0.5, 0.6) is 0 Å². The van der Waals surface area contributed by atoms with Crippen molar-refractivity contribution in [3.8, 4) is 0 Å². The van der Waals surface area contributed by atoms with Gasteiger partial charge in [0.1, 0.15) is 5.69 Å². The zero-order valence-electron chi connectivity index (χ0n) is 13.4. The van der Waals surface area contributed by atoms with Crippen LogP contribution in [0.4, 0.5) is 22.0 Å². The van der Waals surface area contributed by atoms with Crippen LogP contribution in [0.1, 0.15) is 51.0 Å². The minimum Gasteiger partial charge on any atom is -0.465 e. The third-order valence-electron chi connectivity index (χ3n) is 2.96. The molecule has 1 aromatic heterocycles. The van der Waals surface area contributed by atoms with Gasteiger partial charge in [0, 0.05) is 12.7 Å². The number of carbonyl (C=O) groups excluding carboxylic acids is 2. The van der Waals surface area contributed by atoms with E-state index in [9.17, 15) is 31.5 Å². The van der Waals surface area contributed by atoms with Crippen LogP contribution in [0.2, 0.25) is 0 Å². The smallest absolute Gasteiger partial charge is 0.434 e. The molecule has 11 heteroatoms. The first-order valence-corrected chi connectivity index (χ1v) is 6.76. The number of alkyl halides is 5. The zero-order chi connectivity index (χ0) is 19.4. The minimum atomic E-state index is -5.25. The second kappa shape index (κ2) is 8.19. The number of hydrogen-bond acceptors (Lipinski definition) is 6. The lowest BCUT2D eigenvalue weighted by atomic mass is 9.97. The summed E-state index contributed by atoms with van der Waals surface area (Å²) < 4.78 is 79.7. The van der Waals surface area contributed by atoms with E-state index < -0.39 is 59.2 Å². The van der Waals surface area contributed by atoms with Crippen molar-refractivity contribution >= 4 is 11.9 Å². The van der Waals surface area contributed by atoms with Crippen molar-refractivity contribution in [2.75, 3.05) is 20.8 Å². The highest BCUT2D eigenvalue weighted by molar-refractivity contribution is 5.99. The molecule has 1 aromatic rings. The second-order valence-corrected chi connectivity index (χ2v) is 4.52. The molecule has 140 valence electrons. The van der Waals surface area contributed by atoms with Gasteiger partial charge in [0.15, 0.2) is 5.69 Å². The Morgan fingerprint density at radius 1 is 1.12 bits per heavy atom. The SMILES string of the molecule is CCOC(=O)c1c(C(F)(F)F)nc(C(F)F)c(C(=O)OC)c1COC. The fourth-order valence-electron chi connectivity index (χ4n) is 2.06. The van der Waals surface area contributed by atoms with E-state index in [0.29, 0.717) is 0 Å². The normalized spacial score (nSPS) is 11.6. The molecule has 0 saturated heterocycles. The van der Waals surface area contributed by atoms with Gasteiger partial charge in [-0.1, -0.05) is 0 Å². The van der Waals surface area contributed by atoms with Crippen LogP contribution in [0, 0.1) is 0 Å². The molecular weight excluding hydrogens is 357 g/mol. The molecule has 0 aliphatic heterocycles. The Balaban J connectivity index is 3.98. The first kappa shape index (κ1) is 20.7. The van der Waals surface area contributed by atoms with Gasteiger partial charge in [-0.3, -0.25) is 0 Å². The predicted molar refractivity (Wildman–Crippen MR) is 72.2 cm³/mol. The quantitative estimate of drug-likeness (QED) is 0.565. The summed E-state index contributed by atoms with van der Waals surface area (Å²) in [5.41, 5.74) is -6.21. The van der Waals surface area contributed by atoms with Crippen LogP contribution in [-0.2, 0) is 27.0 Å². The summed E-state index contributed by atoms with van der Waals surface area (Å²) in [7, 11) is 1.89. The molecule has 0 bridgehead atoms. The van der Waals surface area contributed by atoms with E-state index in [4.69, 9.17) is 0 Å². The monoisotopic (exact) mass is 371 g/mol. The van der Waals surface area contributed by atoms with E-state index >= 15 is 0 Å². The highest BCUT2D eigenvalue weighted by Crippen LogP contribution is 2.37. The maximum atomic E-state index is 13.3. The standard InChI is InChI=1S/C14H14F5NO5/c1-4-25-13(22)8-6(5-23-2)7(12(21)24-3)9(11(15)16)20-10(8)14(17,18)19/h11H,4-5H2,1-3H3. The second-order valence-electron chi connectivity index (χ2n) is 4.52. The third kappa shape index (κ3) is 4.41. The van der Waals surface area contributed by atoms with Gasteiger partial charge in [0.25, 0.3) is 6.43 Å². The average molecular weight is 371 g/mol. The maximum absolute atomic E-state index is 13.3. The fourth-order valence-corrected chi connectivity index (χ4v) is 2.06. The lowest BCUT2D eigenvalue weighted by Gasteiger charge is -2.20. The number of hydrogen-bond donors (Lipinski definition) is 0. The lowest BCUT2D eigenvalue weighted by molar-refractivity contribution is -0.142. The van der Waals surface area contributed by atoms with Crippen molar-refractivity contribution in [3.63, 3.8) is 0 Å². The molecule has 0 aliphatic carbocycles. The molecule has 0 spiro atoms. The van der Waals surface area contributed by atoms with Crippen LogP contribution in [-0.4, -0.2) is 37.7 Å². The first-order valence-electron chi connectivity index (χ1n) is 6.76. The van der Waals surface area contributed by atoms with Crippen LogP contribution >= 0.6 is 0 Å². The van der Waals surface area contributed by atoms with E-state index in [-0.39, 0.29) is 6.61 Å². The van der Waals surface area contributed by atoms with Crippen molar-refractivity contribution in [1.82, 2.24) is 4.98 Å². The van der Waals surface area contributed by atoms with E-state index in [0.717, 1.165) is 14.2 Å². The Labute approximate surface area is 138 Å². The van der Waals surface area contributed by atoms with Gasteiger partial charge in [-0.15, -0.1) is 0 Å². The van der Waals surface area contributed by atoms with E-state index in [1.54, 1.807) is 0 Å². The summed E-state index contributed by atoms with van der Waals surface area (Å²) in [4.78, 5) is 26.7. The number of pyridine rings is 1. The highest BCUT2D eigenvalue weighted by atomic mass is 19.4. The average Bonchev–Trinajstić information content (AvgIpc) is 2.52. The van der Waals surface area contributed by atoms with Crippen LogP contribution in [0.15, 0.2) is 0 Å². The van der Waals surface area contributed by atoms with Crippen molar-refractivity contribution in [1.29, 1.82) is 0 Å². The summed E-state index contributed by atoms with van der Waals surface area (Å²) in [6, 6.07) is 0. The largest absolute Gasteiger partial charge is 0.465 e. The number of rotatable bonds is 6. The Kier molecular flexibility index (Phi) is 6.79. The summed E-state index contributed by atoms with van der Waals surface area (Å²) in [5.74, 6) is -2.85. The molecule has 0 radical (unpaired) electrons. The molecule has 0 N–H and O–H groups in total. The van der Waals surface area contributed by atoms with Gasteiger partial charge < -0.3 is 14.2 Å². The molecule has 1 rings (SSSR count). The zero-order valence-corrected chi connectivity index (χ0v) is 13.4. The summed E-state index contributed by atoms with van der Waals surface area (Å²) in [5, 5.41) is 0. The molecule has 0 unspecified atom stereocenters. The molecule has 1 heterocycles. The predicted octanol–water partition coefficient (Wildman–Crippen LogP) is 3.15. The Hall–Kier alpha value is -2.30. The van der Waals surface area contributed by atoms with Crippen LogP contribution in [0.3, 0.4) is 0 Å². The summed E-state index contributed by atoms with van der Waals surface area (Å²) in [6.07, 6.45) is -8.77. The van der Waals surface area contributed by atoms with Gasteiger partial charge in [-0.25, -0.2) is 23.4 Å². The van der Waals surface area contributed by atoms with E-state index in [1.165, 1.54) is 6.92 Å². The number of nitrogens with zero attached hydrogens (tertiary/aromatic N) is 1. The Morgan fingerprint density at radius 2 is 1.72 bits per heavy atom. The molecule has 0 amide bonds. The number of aromatic nitrogens is 1. The molecule has 0 fully saturated rings. The molecule has 25 heavy (non-hydrogen) atoms. The van der Waals surface area contributed by atoms with Crippen LogP contribution < -0.4 is 0 Å². The highest BCUT2D eigenvalue weighted by Gasteiger charge is 2.43. The Morgan fingerprint density at radius 3 is 2.12 bits per heavy atom. The molecular formula is C14H14F5NO5. The van der Waals surface area contributed by atoms with Crippen molar-refractivity contribution in [3.05, 3.63) is 28.1 Å². The van der Waals surface area contributed by atoms with Gasteiger partial charge >= 0.3 is 18.1 Å². The Bertz CT molecular complexity index is 660. The number of ether oxygens (including phenoxy) is 3. The molecule has 0 aliphatic rings. The minimum absolute atomic E-state index is 0.285. The molecule has 0 saturated carbocycles. The van der Waals surface area contributed by atoms with Gasteiger partial charge in [-0.05, 0) is 6.92 Å². The number of methoxy groups -OCH3 is 2. The maximum Gasteiger partial charge on any atom is 0.434 e. The number of carbonyl (C=O) groups is 2. The summed E-state index contributed by atoms with van der Waals surface area (Å²) >= 11 is 0. The van der Waals surface area contributed by atoms with Gasteiger partial charge in [0.05, 0.1) is 31.5 Å². The van der Waals surface area contributed by atoms with Gasteiger partial charge in [-0.2, -0.15) is 13.2 Å². The van der Waals surface area contributed by atoms with Crippen LogP contribution in [0.25, 0.3) is 0 Å². The van der Waals surface area contributed by atoms with E-state index in [2.05, 4.69) is 19.2 Å². The lowest BCUT2D eigenvalue weighted by Crippen LogP contribution is -2.25. The van der Waals surface area contributed by atoms with Crippen molar-refractivity contribution in [2.45, 2.75) is 26.1 Å². The van der Waals surface area contributed by atoms with Crippen molar-refractivity contribution in [2.24, 2.45) is 0 Å². The van der Waals surface area contributed by atoms with Crippen molar-refractivity contribution < 1.29 is 45.8 Å². The molecule has 0 atom stereocenters. The third-order valence-corrected chi connectivity index (χ3v) is 2.96. The van der Waals surface area contributed by atoms with E-state index in [1.807, 2.05) is 0 Å². The fraction of sp³-hybridized carbons (Fsp3) is 0.500. The molecule has 0 aromatic carbocycles.